The molecule has 2 rings (SSSR count). The lowest BCUT2D eigenvalue weighted by molar-refractivity contribution is 0.389. The summed E-state index contributed by atoms with van der Waals surface area (Å²) in [5.41, 5.74) is 3.82. The number of allylic oxidation sites excluding steroid dienone is 1. The number of hydrazone groups is 1. The first-order valence-corrected chi connectivity index (χ1v) is 7.31. The highest BCUT2D eigenvalue weighted by atomic mass is 16.5. The van der Waals surface area contributed by atoms with Gasteiger partial charge in [0.1, 0.15) is 11.5 Å². The molecule has 0 amide bonds. The lowest BCUT2D eigenvalue weighted by atomic mass is 10.0. The quantitative estimate of drug-likeness (QED) is 0.568. The van der Waals surface area contributed by atoms with Crippen molar-refractivity contribution in [3.05, 3.63) is 65.9 Å². The van der Waals surface area contributed by atoms with E-state index in [1.807, 2.05) is 43.3 Å². The Labute approximate surface area is 137 Å². The molecular formula is C19H22N2O2. The maximum atomic E-state index is 5.48. The summed E-state index contributed by atoms with van der Waals surface area (Å²) in [6.07, 6.45) is 0.599. The summed E-state index contributed by atoms with van der Waals surface area (Å²) in [5.74, 6) is 1.57. The molecule has 4 heteroatoms. The second-order valence-corrected chi connectivity index (χ2v) is 5.17. The van der Waals surface area contributed by atoms with Gasteiger partial charge in [0.15, 0.2) is 0 Å². The molecule has 0 saturated carbocycles. The second kappa shape index (κ2) is 7.49. The van der Waals surface area contributed by atoms with Crippen LogP contribution in [0.4, 0.5) is 5.69 Å². The largest absolute Gasteiger partial charge is 0.496 e. The van der Waals surface area contributed by atoms with E-state index in [9.17, 15) is 0 Å². The zero-order valence-electron chi connectivity index (χ0n) is 13.9. The van der Waals surface area contributed by atoms with Crippen molar-refractivity contribution in [2.75, 3.05) is 19.2 Å². The Bertz CT molecular complexity index is 696. The molecule has 0 bridgehead atoms. The van der Waals surface area contributed by atoms with Gasteiger partial charge in [-0.3, -0.25) is 0 Å². The van der Waals surface area contributed by atoms with Crippen molar-refractivity contribution in [3.63, 3.8) is 0 Å². The summed E-state index contributed by atoms with van der Waals surface area (Å²) < 4.78 is 10.8. The molecule has 0 atom stereocenters. The molecule has 0 spiro atoms. The van der Waals surface area contributed by atoms with Crippen molar-refractivity contribution in [1.29, 1.82) is 0 Å². The van der Waals surface area contributed by atoms with Gasteiger partial charge in [-0.25, -0.2) is 5.01 Å². The van der Waals surface area contributed by atoms with Gasteiger partial charge in [-0.15, -0.1) is 0 Å². The van der Waals surface area contributed by atoms with Gasteiger partial charge in [0.25, 0.3) is 0 Å². The molecule has 2 aromatic rings. The molecule has 0 unspecified atom stereocenters. The zero-order chi connectivity index (χ0) is 16.8. The minimum Gasteiger partial charge on any atom is -0.496 e. The Hall–Kier alpha value is -2.75. The molecule has 0 aliphatic carbocycles. The predicted octanol–water partition coefficient (Wildman–Crippen LogP) is 4.19. The summed E-state index contributed by atoms with van der Waals surface area (Å²) in [6, 6.07) is 13.8. The van der Waals surface area contributed by atoms with Crippen LogP contribution in [0.15, 0.2) is 59.8 Å². The van der Waals surface area contributed by atoms with Crippen molar-refractivity contribution >= 4 is 12.4 Å². The van der Waals surface area contributed by atoms with E-state index in [1.54, 1.807) is 19.2 Å². The van der Waals surface area contributed by atoms with Crippen LogP contribution < -0.4 is 14.5 Å². The average molecular weight is 310 g/mol. The van der Waals surface area contributed by atoms with Crippen LogP contribution in [-0.2, 0) is 6.42 Å². The summed E-state index contributed by atoms with van der Waals surface area (Å²) in [5, 5.41) is 5.82. The number of hydrogen-bond donors (Lipinski definition) is 0. The SMILES string of the molecule is C=NN(C(=C)Cc1cc(C)c(OC)cc1OC)c1ccccc1. The molecule has 0 saturated heterocycles. The molecule has 0 aromatic heterocycles. The monoisotopic (exact) mass is 310 g/mol. The van der Waals surface area contributed by atoms with Crippen molar-refractivity contribution in [2.24, 2.45) is 5.10 Å². The molecule has 0 N–H and O–H groups in total. The second-order valence-electron chi connectivity index (χ2n) is 5.17. The summed E-state index contributed by atoms with van der Waals surface area (Å²) in [4.78, 5) is 0. The van der Waals surface area contributed by atoms with Gasteiger partial charge in [0, 0.05) is 30.5 Å². The van der Waals surface area contributed by atoms with E-state index in [0.29, 0.717) is 6.42 Å². The highest BCUT2D eigenvalue weighted by Gasteiger charge is 2.14. The molecular weight excluding hydrogens is 288 g/mol. The normalized spacial score (nSPS) is 10.0. The van der Waals surface area contributed by atoms with Crippen LogP contribution in [-0.4, -0.2) is 20.9 Å². The third kappa shape index (κ3) is 3.72. The van der Waals surface area contributed by atoms with Crippen LogP contribution in [0.5, 0.6) is 11.5 Å². The molecule has 120 valence electrons. The molecule has 0 aliphatic rings. The summed E-state index contributed by atoms with van der Waals surface area (Å²) in [6.45, 7) is 9.81. The number of para-hydroxylation sites is 1. The number of hydrogen-bond acceptors (Lipinski definition) is 4. The summed E-state index contributed by atoms with van der Waals surface area (Å²) in [7, 11) is 3.30. The number of methoxy groups -OCH3 is 2. The van der Waals surface area contributed by atoms with Gasteiger partial charge in [0.05, 0.1) is 19.9 Å². The maximum Gasteiger partial charge on any atom is 0.126 e. The molecule has 23 heavy (non-hydrogen) atoms. The maximum absolute atomic E-state index is 5.48. The first-order valence-electron chi connectivity index (χ1n) is 7.31. The third-order valence-electron chi connectivity index (χ3n) is 3.63. The van der Waals surface area contributed by atoms with E-state index in [2.05, 4.69) is 24.5 Å². The van der Waals surface area contributed by atoms with Crippen LogP contribution in [0.1, 0.15) is 11.1 Å². The fraction of sp³-hybridized carbons (Fsp3) is 0.211. The molecule has 0 aliphatic heterocycles. The standard InChI is InChI=1S/C19H22N2O2/c1-14-11-16(19(23-5)13-18(14)22-4)12-15(2)21(20-3)17-9-7-6-8-10-17/h6-11,13H,2-3,12H2,1,4-5H3. The van der Waals surface area contributed by atoms with Gasteiger partial charge in [-0.1, -0.05) is 24.8 Å². The number of benzene rings is 2. The van der Waals surface area contributed by atoms with Crippen LogP contribution in [0.3, 0.4) is 0 Å². The predicted molar refractivity (Wildman–Crippen MR) is 95.6 cm³/mol. The van der Waals surface area contributed by atoms with Crippen molar-refractivity contribution in [2.45, 2.75) is 13.3 Å². The lowest BCUT2D eigenvalue weighted by Crippen LogP contribution is -2.16. The Morgan fingerprint density at radius 1 is 1.09 bits per heavy atom. The van der Waals surface area contributed by atoms with Gasteiger partial charge in [-0.05, 0) is 30.7 Å². The van der Waals surface area contributed by atoms with Crippen molar-refractivity contribution in [1.82, 2.24) is 0 Å². The summed E-state index contributed by atoms with van der Waals surface area (Å²) >= 11 is 0. The van der Waals surface area contributed by atoms with Gasteiger partial charge >= 0.3 is 0 Å². The highest BCUT2D eigenvalue weighted by molar-refractivity contribution is 5.55. The van der Waals surface area contributed by atoms with E-state index >= 15 is 0 Å². The van der Waals surface area contributed by atoms with Crippen LogP contribution in [0, 0.1) is 6.92 Å². The zero-order valence-corrected chi connectivity index (χ0v) is 13.9. The molecule has 0 fully saturated rings. The highest BCUT2D eigenvalue weighted by Crippen LogP contribution is 2.31. The van der Waals surface area contributed by atoms with Crippen LogP contribution in [0.25, 0.3) is 0 Å². The van der Waals surface area contributed by atoms with Gasteiger partial charge in [0.2, 0.25) is 0 Å². The minimum atomic E-state index is 0.599. The number of nitrogens with zero attached hydrogens (tertiary/aromatic N) is 2. The van der Waals surface area contributed by atoms with Crippen molar-refractivity contribution in [3.8, 4) is 11.5 Å². The first-order chi connectivity index (χ1) is 11.1. The Morgan fingerprint density at radius 2 is 1.74 bits per heavy atom. The van der Waals surface area contributed by atoms with Crippen molar-refractivity contribution < 1.29 is 9.47 Å². The fourth-order valence-corrected chi connectivity index (χ4v) is 2.51. The van der Waals surface area contributed by atoms with E-state index < -0.39 is 0 Å². The number of anilines is 1. The topological polar surface area (TPSA) is 34.1 Å². The Morgan fingerprint density at radius 3 is 2.30 bits per heavy atom. The van der Waals surface area contributed by atoms with Gasteiger partial charge < -0.3 is 9.47 Å². The number of aryl methyl sites for hydroxylation is 1. The van der Waals surface area contributed by atoms with Gasteiger partial charge in [-0.2, -0.15) is 5.10 Å². The third-order valence-corrected chi connectivity index (χ3v) is 3.63. The first kappa shape index (κ1) is 16.6. The smallest absolute Gasteiger partial charge is 0.126 e. The van der Waals surface area contributed by atoms with E-state index in [4.69, 9.17) is 9.47 Å². The molecule has 0 heterocycles. The Kier molecular flexibility index (Phi) is 5.41. The minimum absolute atomic E-state index is 0.599. The molecule has 0 radical (unpaired) electrons. The van der Waals surface area contributed by atoms with Crippen LogP contribution >= 0.6 is 0 Å². The van der Waals surface area contributed by atoms with E-state index in [-0.39, 0.29) is 0 Å². The fourth-order valence-electron chi connectivity index (χ4n) is 2.51. The van der Waals surface area contributed by atoms with E-state index in [0.717, 1.165) is 34.0 Å². The number of rotatable bonds is 7. The van der Waals surface area contributed by atoms with E-state index in [1.165, 1.54) is 0 Å². The lowest BCUT2D eigenvalue weighted by Gasteiger charge is -2.22. The molecule has 2 aromatic carbocycles. The number of ether oxygens (including phenoxy) is 2. The average Bonchev–Trinajstić information content (AvgIpc) is 2.57. The van der Waals surface area contributed by atoms with Crippen LogP contribution in [0.2, 0.25) is 0 Å². The molecule has 4 nitrogen and oxygen atoms in total. The Balaban J connectivity index is 2.29.